The van der Waals surface area contributed by atoms with Crippen LogP contribution in [-0.2, 0) is 6.54 Å². The highest BCUT2D eigenvalue weighted by Gasteiger charge is 2.02. The van der Waals surface area contributed by atoms with Crippen LogP contribution in [-0.4, -0.2) is 11.1 Å². The molecule has 1 aromatic carbocycles. The molecule has 0 bridgehead atoms. The molecule has 3 nitrogen and oxygen atoms in total. The number of aromatic nitrogens is 1. The van der Waals surface area contributed by atoms with E-state index in [2.05, 4.69) is 35.4 Å². The molecule has 2 N–H and O–H groups in total. The summed E-state index contributed by atoms with van der Waals surface area (Å²) < 4.78 is 5.67. The molecule has 3 heteroatoms. The maximum Gasteiger partial charge on any atom is 0.120 e. The number of hydrogen-bond donors (Lipinski definition) is 2. The average molecular weight is 244 g/mol. The summed E-state index contributed by atoms with van der Waals surface area (Å²) >= 11 is 0. The van der Waals surface area contributed by atoms with Crippen molar-refractivity contribution in [2.75, 3.05) is 5.32 Å². The molecule has 0 saturated heterocycles. The quantitative estimate of drug-likeness (QED) is 0.841. The minimum absolute atomic E-state index is 0.210. The van der Waals surface area contributed by atoms with Crippen molar-refractivity contribution in [2.24, 2.45) is 0 Å². The molecule has 0 aliphatic carbocycles. The first-order chi connectivity index (χ1) is 8.65. The van der Waals surface area contributed by atoms with Crippen LogP contribution in [0.2, 0.25) is 0 Å². The summed E-state index contributed by atoms with van der Waals surface area (Å²) in [6, 6.07) is 10.2. The third kappa shape index (κ3) is 3.29. The van der Waals surface area contributed by atoms with Gasteiger partial charge in [0, 0.05) is 17.6 Å². The average Bonchev–Trinajstić information content (AvgIpc) is 2.80. The maximum atomic E-state index is 5.67. The first-order valence-electron chi connectivity index (χ1n) is 6.28. The standard InChI is InChI=1S/C15H20N2O/c1-11(2)18-14-6-7-15(12(3)9-14)17-10-13-5-4-8-16-13/h4-9,11,16-17H,10H2,1-3H3. The highest BCUT2D eigenvalue weighted by Crippen LogP contribution is 2.22. The highest BCUT2D eigenvalue weighted by molar-refractivity contribution is 5.53. The number of aromatic amines is 1. The van der Waals surface area contributed by atoms with E-state index in [0.29, 0.717) is 0 Å². The van der Waals surface area contributed by atoms with Crippen LogP contribution in [0, 0.1) is 6.92 Å². The molecule has 0 saturated carbocycles. The van der Waals surface area contributed by atoms with Crippen LogP contribution < -0.4 is 10.1 Å². The van der Waals surface area contributed by atoms with Gasteiger partial charge in [0.15, 0.2) is 0 Å². The third-order valence-electron chi connectivity index (χ3n) is 2.70. The second kappa shape index (κ2) is 5.63. The second-order valence-electron chi connectivity index (χ2n) is 4.69. The Labute approximate surface area is 108 Å². The lowest BCUT2D eigenvalue weighted by Crippen LogP contribution is -2.06. The van der Waals surface area contributed by atoms with Gasteiger partial charge in [0.2, 0.25) is 0 Å². The van der Waals surface area contributed by atoms with Crippen molar-refractivity contribution in [2.45, 2.75) is 33.4 Å². The van der Waals surface area contributed by atoms with E-state index in [1.165, 1.54) is 11.3 Å². The zero-order chi connectivity index (χ0) is 13.0. The summed E-state index contributed by atoms with van der Waals surface area (Å²) in [6.07, 6.45) is 2.14. The molecule has 18 heavy (non-hydrogen) atoms. The van der Waals surface area contributed by atoms with E-state index >= 15 is 0 Å². The summed E-state index contributed by atoms with van der Waals surface area (Å²) in [4.78, 5) is 3.18. The van der Waals surface area contributed by atoms with Gasteiger partial charge in [0.25, 0.3) is 0 Å². The SMILES string of the molecule is Cc1cc(OC(C)C)ccc1NCc1ccc[nH]1. The Morgan fingerprint density at radius 2 is 2.11 bits per heavy atom. The Balaban J connectivity index is 2.01. The maximum absolute atomic E-state index is 5.67. The minimum atomic E-state index is 0.210. The highest BCUT2D eigenvalue weighted by atomic mass is 16.5. The molecule has 0 spiro atoms. The lowest BCUT2D eigenvalue weighted by molar-refractivity contribution is 0.242. The summed E-state index contributed by atoms with van der Waals surface area (Å²) in [5.74, 6) is 0.924. The number of hydrogen-bond acceptors (Lipinski definition) is 2. The predicted octanol–water partition coefficient (Wildman–Crippen LogP) is 3.72. The van der Waals surface area contributed by atoms with Gasteiger partial charge in [-0.1, -0.05) is 0 Å². The summed E-state index contributed by atoms with van der Waals surface area (Å²) in [5, 5.41) is 3.41. The van der Waals surface area contributed by atoms with Crippen molar-refractivity contribution in [1.29, 1.82) is 0 Å². The van der Waals surface area contributed by atoms with E-state index in [1.807, 2.05) is 32.2 Å². The topological polar surface area (TPSA) is 37.0 Å². The molecular weight excluding hydrogens is 224 g/mol. The van der Waals surface area contributed by atoms with Crippen molar-refractivity contribution in [3.8, 4) is 5.75 Å². The van der Waals surface area contributed by atoms with Gasteiger partial charge in [-0.15, -0.1) is 0 Å². The van der Waals surface area contributed by atoms with Crippen LogP contribution in [0.4, 0.5) is 5.69 Å². The lowest BCUT2D eigenvalue weighted by Gasteiger charge is -2.13. The van der Waals surface area contributed by atoms with Gasteiger partial charge >= 0.3 is 0 Å². The zero-order valence-corrected chi connectivity index (χ0v) is 11.2. The Hall–Kier alpha value is -1.90. The van der Waals surface area contributed by atoms with Gasteiger partial charge in [0.05, 0.1) is 12.6 Å². The van der Waals surface area contributed by atoms with Gasteiger partial charge in [-0.3, -0.25) is 0 Å². The summed E-state index contributed by atoms with van der Waals surface area (Å²) in [6.45, 7) is 6.96. The van der Waals surface area contributed by atoms with Crippen molar-refractivity contribution < 1.29 is 4.74 Å². The third-order valence-corrected chi connectivity index (χ3v) is 2.70. The molecule has 96 valence electrons. The van der Waals surface area contributed by atoms with Crippen molar-refractivity contribution >= 4 is 5.69 Å². The Kier molecular flexibility index (Phi) is 3.92. The number of benzene rings is 1. The van der Waals surface area contributed by atoms with E-state index in [9.17, 15) is 0 Å². The van der Waals surface area contributed by atoms with Crippen LogP contribution in [0.5, 0.6) is 5.75 Å². The molecule has 0 radical (unpaired) electrons. The normalized spacial score (nSPS) is 10.7. The number of aryl methyl sites for hydroxylation is 1. The molecule has 2 aromatic rings. The van der Waals surface area contributed by atoms with E-state index in [0.717, 1.165) is 18.0 Å². The second-order valence-corrected chi connectivity index (χ2v) is 4.69. The van der Waals surface area contributed by atoms with Crippen LogP contribution in [0.25, 0.3) is 0 Å². The van der Waals surface area contributed by atoms with E-state index in [4.69, 9.17) is 4.74 Å². The van der Waals surface area contributed by atoms with Gasteiger partial charge < -0.3 is 15.0 Å². The fourth-order valence-electron chi connectivity index (χ4n) is 1.85. The Morgan fingerprint density at radius 3 is 2.72 bits per heavy atom. The minimum Gasteiger partial charge on any atom is -0.491 e. The van der Waals surface area contributed by atoms with Crippen molar-refractivity contribution in [1.82, 2.24) is 4.98 Å². The predicted molar refractivity (Wildman–Crippen MR) is 75.1 cm³/mol. The van der Waals surface area contributed by atoms with Crippen LogP contribution in [0.1, 0.15) is 25.1 Å². The largest absolute Gasteiger partial charge is 0.491 e. The lowest BCUT2D eigenvalue weighted by atomic mass is 10.2. The number of rotatable bonds is 5. The Morgan fingerprint density at radius 1 is 1.28 bits per heavy atom. The van der Waals surface area contributed by atoms with Gasteiger partial charge in [-0.05, 0) is 56.7 Å². The molecule has 0 fully saturated rings. The van der Waals surface area contributed by atoms with E-state index < -0.39 is 0 Å². The molecule has 1 aromatic heterocycles. The van der Waals surface area contributed by atoms with Crippen molar-refractivity contribution in [3.63, 3.8) is 0 Å². The molecular formula is C15H20N2O. The van der Waals surface area contributed by atoms with Crippen LogP contribution in [0.3, 0.4) is 0 Å². The van der Waals surface area contributed by atoms with Gasteiger partial charge in [-0.2, -0.15) is 0 Å². The Bertz CT molecular complexity index is 489. The monoisotopic (exact) mass is 244 g/mol. The molecule has 0 aliphatic heterocycles. The molecule has 0 amide bonds. The summed E-state index contributed by atoms with van der Waals surface area (Å²) in [7, 11) is 0. The van der Waals surface area contributed by atoms with E-state index in [1.54, 1.807) is 0 Å². The molecule has 1 heterocycles. The van der Waals surface area contributed by atoms with Gasteiger partial charge in [-0.25, -0.2) is 0 Å². The zero-order valence-electron chi connectivity index (χ0n) is 11.2. The first-order valence-corrected chi connectivity index (χ1v) is 6.28. The number of ether oxygens (including phenoxy) is 1. The molecule has 0 atom stereocenters. The number of H-pyrrole nitrogens is 1. The molecule has 0 unspecified atom stereocenters. The van der Waals surface area contributed by atoms with Crippen LogP contribution >= 0.6 is 0 Å². The number of nitrogens with one attached hydrogen (secondary N) is 2. The van der Waals surface area contributed by atoms with Crippen LogP contribution in [0.15, 0.2) is 36.5 Å². The van der Waals surface area contributed by atoms with E-state index in [-0.39, 0.29) is 6.10 Å². The van der Waals surface area contributed by atoms with Crippen molar-refractivity contribution in [3.05, 3.63) is 47.8 Å². The summed E-state index contributed by atoms with van der Waals surface area (Å²) in [5.41, 5.74) is 3.51. The fourth-order valence-corrected chi connectivity index (χ4v) is 1.85. The first kappa shape index (κ1) is 12.6. The number of anilines is 1. The fraction of sp³-hybridized carbons (Fsp3) is 0.333. The molecule has 2 rings (SSSR count). The molecule has 0 aliphatic rings. The smallest absolute Gasteiger partial charge is 0.120 e. The van der Waals surface area contributed by atoms with Gasteiger partial charge in [0.1, 0.15) is 5.75 Å².